The van der Waals surface area contributed by atoms with Gasteiger partial charge in [0.15, 0.2) is 0 Å². The predicted octanol–water partition coefficient (Wildman–Crippen LogP) is 5.44. The molecule has 108 valence electrons. The number of fused-ring (bicyclic) bond motifs is 1. The van der Waals surface area contributed by atoms with Gasteiger partial charge in [0.05, 0.1) is 5.02 Å². The maximum Gasteiger partial charge on any atom is 0.0636 e. The molecule has 0 spiro atoms. The summed E-state index contributed by atoms with van der Waals surface area (Å²) in [5.74, 6) is 1.06. The standard InChI is InChI=1S/C17H16ClNS2/c18-17-14-8-4-5-9-15(14)21-16(17)12-19-10-11-20-13-6-2-1-3-7-13/h1-9,19H,10-12H2. The van der Waals surface area contributed by atoms with Gasteiger partial charge in [0.1, 0.15) is 0 Å². The summed E-state index contributed by atoms with van der Waals surface area (Å²) in [6.45, 7) is 1.82. The van der Waals surface area contributed by atoms with Crippen LogP contribution in [0.4, 0.5) is 0 Å². The third kappa shape index (κ3) is 3.80. The molecule has 0 unspecified atom stereocenters. The minimum absolute atomic E-state index is 0.841. The van der Waals surface area contributed by atoms with Gasteiger partial charge in [-0.1, -0.05) is 48.0 Å². The lowest BCUT2D eigenvalue weighted by Crippen LogP contribution is -2.15. The molecule has 21 heavy (non-hydrogen) atoms. The van der Waals surface area contributed by atoms with E-state index in [0.29, 0.717) is 0 Å². The van der Waals surface area contributed by atoms with Gasteiger partial charge < -0.3 is 5.32 Å². The number of thiophene rings is 1. The zero-order valence-corrected chi connectivity index (χ0v) is 13.9. The molecule has 1 aromatic heterocycles. The molecule has 3 rings (SSSR count). The molecule has 0 radical (unpaired) electrons. The van der Waals surface area contributed by atoms with Crippen molar-refractivity contribution in [3.63, 3.8) is 0 Å². The van der Waals surface area contributed by atoms with Gasteiger partial charge in [-0.15, -0.1) is 23.1 Å². The van der Waals surface area contributed by atoms with E-state index in [0.717, 1.165) is 23.9 Å². The van der Waals surface area contributed by atoms with E-state index in [9.17, 15) is 0 Å². The molecule has 0 fully saturated rings. The van der Waals surface area contributed by atoms with E-state index in [1.807, 2.05) is 23.9 Å². The molecule has 1 nitrogen and oxygen atoms in total. The first-order valence-electron chi connectivity index (χ1n) is 6.89. The normalized spacial score (nSPS) is 11.1. The lowest BCUT2D eigenvalue weighted by atomic mass is 10.2. The smallest absolute Gasteiger partial charge is 0.0636 e. The van der Waals surface area contributed by atoms with Gasteiger partial charge in [0.2, 0.25) is 0 Å². The van der Waals surface area contributed by atoms with Crippen LogP contribution in [0.15, 0.2) is 59.5 Å². The molecule has 0 amide bonds. The number of nitrogens with one attached hydrogen (secondary N) is 1. The summed E-state index contributed by atoms with van der Waals surface area (Å²) in [6, 6.07) is 18.8. The van der Waals surface area contributed by atoms with Crippen LogP contribution >= 0.6 is 34.7 Å². The second kappa shape index (κ2) is 7.32. The molecule has 0 bridgehead atoms. The second-order valence-electron chi connectivity index (χ2n) is 4.67. The van der Waals surface area contributed by atoms with Crippen molar-refractivity contribution in [2.45, 2.75) is 11.4 Å². The molecular weight excluding hydrogens is 318 g/mol. The lowest BCUT2D eigenvalue weighted by molar-refractivity contribution is 0.741. The van der Waals surface area contributed by atoms with Gasteiger partial charge in [-0.2, -0.15) is 0 Å². The fourth-order valence-corrected chi connectivity index (χ4v) is 4.44. The van der Waals surface area contributed by atoms with Gasteiger partial charge in [-0.05, 0) is 18.2 Å². The molecule has 0 atom stereocenters. The monoisotopic (exact) mass is 333 g/mol. The molecule has 3 aromatic rings. The van der Waals surface area contributed by atoms with Crippen LogP contribution in [-0.2, 0) is 6.54 Å². The van der Waals surface area contributed by atoms with E-state index < -0.39 is 0 Å². The Morgan fingerprint density at radius 1 is 1.00 bits per heavy atom. The summed E-state index contributed by atoms with van der Waals surface area (Å²) in [6.07, 6.45) is 0. The van der Waals surface area contributed by atoms with Gasteiger partial charge in [0, 0.05) is 38.7 Å². The molecule has 1 heterocycles. The van der Waals surface area contributed by atoms with Gasteiger partial charge in [0.25, 0.3) is 0 Å². The maximum atomic E-state index is 6.43. The Balaban J connectivity index is 1.49. The Morgan fingerprint density at radius 2 is 1.76 bits per heavy atom. The zero-order valence-electron chi connectivity index (χ0n) is 11.5. The molecule has 0 aliphatic carbocycles. The highest BCUT2D eigenvalue weighted by molar-refractivity contribution is 7.99. The van der Waals surface area contributed by atoms with Crippen LogP contribution in [0.1, 0.15) is 4.88 Å². The van der Waals surface area contributed by atoms with Crippen molar-refractivity contribution in [1.29, 1.82) is 0 Å². The van der Waals surface area contributed by atoms with Crippen LogP contribution in [0.2, 0.25) is 5.02 Å². The SMILES string of the molecule is Clc1c(CNCCSc2ccccc2)sc2ccccc12. The van der Waals surface area contributed by atoms with Crippen molar-refractivity contribution in [2.75, 3.05) is 12.3 Å². The Hall–Kier alpha value is -1.00. The van der Waals surface area contributed by atoms with E-state index in [1.165, 1.54) is 19.9 Å². The van der Waals surface area contributed by atoms with Crippen molar-refractivity contribution >= 4 is 44.8 Å². The summed E-state index contributed by atoms with van der Waals surface area (Å²) in [5.41, 5.74) is 0. The average molecular weight is 334 g/mol. The number of halogens is 1. The minimum Gasteiger partial charge on any atom is -0.311 e. The molecule has 0 aliphatic rings. The van der Waals surface area contributed by atoms with E-state index >= 15 is 0 Å². The Kier molecular flexibility index (Phi) is 5.20. The van der Waals surface area contributed by atoms with E-state index in [4.69, 9.17) is 11.6 Å². The van der Waals surface area contributed by atoms with Gasteiger partial charge in [-0.25, -0.2) is 0 Å². The summed E-state index contributed by atoms with van der Waals surface area (Å²) in [5, 5.41) is 5.55. The summed E-state index contributed by atoms with van der Waals surface area (Å²) >= 11 is 10.1. The fourth-order valence-electron chi connectivity index (χ4n) is 2.14. The van der Waals surface area contributed by atoms with E-state index in [2.05, 4.69) is 47.8 Å². The van der Waals surface area contributed by atoms with E-state index in [-0.39, 0.29) is 0 Å². The summed E-state index contributed by atoms with van der Waals surface area (Å²) < 4.78 is 1.26. The molecule has 0 saturated heterocycles. The number of thioether (sulfide) groups is 1. The van der Waals surface area contributed by atoms with Gasteiger partial charge in [-0.3, -0.25) is 0 Å². The average Bonchev–Trinajstić information content (AvgIpc) is 2.85. The molecule has 2 aromatic carbocycles. The quantitative estimate of drug-likeness (QED) is 0.476. The lowest BCUT2D eigenvalue weighted by Gasteiger charge is -2.04. The van der Waals surface area contributed by atoms with Crippen molar-refractivity contribution in [1.82, 2.24) is 5.32 Å². The largest absolute Gasteiger partial charge is 0.311 e. The second-order valence-corrected chi connectivity index (χ2v) is 7.36. The predicted molar refractivity (Wildman–Crippen MR) is 95.7 cm³/mol. The zero-order chi connectivity index (χ0) is 14.5. The molecule has 1 N–H and O–H groups in total. The molecule has 4 heteroatoms. The number of benzene rings is 2. The number of hydrogen-bond acceptors (Lipinski definition) is 3. The van der Waals surface area contributed by atoms with Crippen LogP contribution < -0.4 is 5.32 Å². The van der Waals surface area contributed by atoms with Crippen LogP contribution in [0, 0.1) is 0 Å². The van der Waals surface area contributed by atoms with Crippen molar-refractivity contribution in [2.24, 2.45) is 0 Å². The Labute approximate surface area is 138 Å². The summed E-state index contributed by atoms with van der Waals surface area (Å²) in [7, 11) is 0. The fraction of sp³-hybridized carbons (Fsp3) is 0.176. The first kappa shape index (κ1) is 14.9. The van der Waals surface area contributed by atoms with Crippen molar-refractivity contribution in [3.8, 4) is 0 Å². The van der Waals surface area contributed by atoms with Gasteiger partial charge >= 0.3 is 0 Å². The summed E-state index contributed by atoms with van der Waals surface area (Å²) in [4.78, 5) is 2.54. The highest BCUT2D eigenvalue weighted by Crippen LogP contribution is 2.34. The maximum absolute atomic E-state index is 6.43. The molecule has 0 aliphatic heterocycles. The van der Waals surface area contributed by atoms with Crippen molar-refractivity contribution < 1.29 is 0 Å². The van der Waals surface area contributed by atoms with Crippen LogP contribution in [0.3, 0.4) is 0 Å². The van der Waals surface area contributed by atoms with Crippen molar-refractivity contribution in [3.05, 3.63) is 64.5 Å². The minimum atomic E-state index is 0.841. The van der Waals surface area contributed by atoms with Crippen LogP contribution in [-0.4, -0.2) is 12.3 Å². The first-order valence-corrected chi connectivity index (χ1v) is 9.07. The highest BCUT2D eigenvalue weighted by Gasteiger charge is 2.08. The third-order valence-corrected chi connectivity index (χ3v) is 5.91. The number of rotatable bonds is 6. The third-order valence-electron chi connectivity index (χ3n) is 3.18. The molecular formula is C17H16ClNS2. The Morgan fingerprint density at radius 3 is 2.57 bits per heavy atom. The van der Waals surface area contributed by atoms with Crippen LogP contribution in [0.5, 0.6) is 0 Å². The first-order chi connectivity index (χ1) is 10.3. The van der Waals surface area contributed by atoms with E-state index in [1.54, 1.807) is 11.3 Å². The van der Waals surface area contributed by atoms with Crippen LogP contribution in [0.25, 0.3) is 10.1 Å². The topological polar surface area (TPSA) is 12.0 Å². The highest BCUT2D eigenvalue weighted by atomic mass is 35.5. The Bertz CT molecular complexity index is 709. The molecule has 0 saturated carbocycles. The number of hydrogen-bond donors (Lipinski definition) is 1.